The predicted molar refractivity (Wildman–Crippen MR) is 105 cm³/mol. The van der Waals surface area contributed by atoms with Gasteiger partial charge in [0.25, 0.3) is 0 Å². The number of amides is 3. The van der Waals surface area contributed by atoms with Crippen LogP contribution in [0.4, 0.5) is 9.18 Å². The molecule has 0 unspecified atom stereocenters. The maximum absolute atomic E-state index is 13.8. The first-order chi connectivity index (χ1) is 13.7. The fourth-order valence-corrected chi connectivity index (χ4v) is 3.57. The molecule has 8 nitrogen and oxygen atoms in total. The van der Waals surface area contributed by atoms with E-state index < -0.39 is 21.9 Å². The van der Waals surface area contributed by atoms with Crippen LogP contribution >= 0.6 is 0 Å². The fraction of sp³-hybridized carbons (Fsp3) is 0.474. The minimum Gasteiger partial charge on any atom is -0.490 e. The molecule has 1 saturated heterocycles. The molecule has 2 rings (SSSR count). The van der Waals surface area contributed by atoms with Gasteiger partial charge in [-0.05, 0) is 30.9 Å². The summed E-state index contributed by atoms with van der Waals surface area (Å²) < 4.78 is 46.3. The lowest BCUT2D eigenvalue weighted by Gasteiger charge is -2.12. The van der Waals surface area contributed by atoms with E-state index in [1.807, 2.05) is 19.9 Å². The third-order valence-electron chi connectivity index (χ3n) is 3.99. The van der Waals surface area contributed by atoms with E-state index in [-0.39, 0.29) is 42.2 Å². The van der Waals surface area contributed by atoms with Crippen LogP contribution in [0.1, 0.15) is 26.7 Å². The molecule has 29 heavy (non-hydrogen) atoms. The van der Waals surface area contributed by atoms with Crippen molar-refractivity contribution in [3.63, 3.8) is 0 Å². The summed E-state index contributed by atoms with van der Waals surface area (Å²) in [5, 5.41) is 2.19. The average molecular weight is 427 g/mol. The molecule has 10 heteroatoms. The highest BCUT2D eigenvalue weighted by molar-refractivity contribution is 7.89. The number of sulfonamides is 1. The second kappa shape index (κ2) is 10.4. The number of hydrogen-bond acceptors (Lipinski definition) is 5. The number of urea groups is 1. The van der Waals surface area contributed by atoms with Crippen molar-refractivity contribution in [1.82, 2.24) is 14.9 Å². The van der Waals surface area contributed by atoms with Crippen LogP contribution in [0.3, 0.4) is 0 Å². The van der Waals surface area contributed by atoms with Crippen molar-refractivity contribution in [2.24, 2.45) is 5.92 Å². The van der Waals surface area contributed by atoms with Crippen molar-refractivity contribution in [2.45, 2.75) is 31.6 Å². The second-order valence-corrected chi connectivity index (χ2v) is 8.81. The van der Waals surface area contributed by atoms with E-state index in [0.717, 1.165) is 6.07 Å². The van der Waals surface area contributed by atoms with E-state index in [9.17, 15) is 22.4 Å². The maximum atomic E-state index is 13.8. The molecular weight excluding hydrogens is 401 g/mol. The second-order valence-electron chi connectivity index (χ2n) is 7.04. The number of rotatable bonds is 11. The summed E-state index contributed by atoms with van der Waals surface area (Å²) in [4.78, 5) is 23.7. The summed E-state index contributed by atoms with van der Waals surface area (Å²) in [6.45, 7) is 4.67. The highest BCUT2D eigenvalue weighted by atomic mass is 32.2. The first kappa shape index (κ1) is 22.8. The zero-order chi connectivity index (χ0) is 21.4. The molecule has 2 N–H and O–H groups in total. The largest absolute Gasteiger partial charge is 0.490 e. The number of nitrogens with zero attached hydrogens (tertiary/aromatic N) is 1. The summed E-state index contributed by atoms with van der Waals surface area (Å²) in [6, 6.07) is 3.04. The standard InChI is InChI=1S/C19H26FN3O5S/c1-14(2)13-28-17-11-15(7-8-16(17)20)29(26,27)21-9-5-3-4-6-10-23-12-18(24)22-19(23)25/h4,6-8,11,14,21H,3,5,9-10,12-13H2,1-2H3,(H,22,24,25)/b6-4+. The van der Waals surface area contributed by atoms with E-state index in [1.165, 1.54) is 17.0 Å². The molecule has 0 saturated carbocycles. The maximum Gasteiger partial charge on any atom is 0.324 e. The average Bonchev–Trinajstić information content (AvgIpc) is 2.97. The fourth-order valence-electron chi connectivity index (χ4n) is 2.48. The van der Waals surface area contributed by atoms with Gasteiger partial charge in [0.05, 0.1) is 11.5 Å². The van der Waals surface area contributed by atoms with Gasteiger partial charge in [-0.1, -0.05) is 26.0 Å². The van der Waals surface area contributed by atoms with Crippen LogP contribution in [0.15, 0.2) is 35.2 Å². The lowest BCUT2D eigenvalue weighted by atomic mass is 10.2. The van der Waals surface area contributed by atoms with Gasteiger partial charge in [0.2, 0.25) is 15.9 Å². The summed E-state index contributed by atoms with van der Waals surface area (Å²) >= 11 is 0. The van der Waals surface area contributed by atoms with Gasteiger partial charge in [-0.15, -0.1) is 0 Å². The molecule has 0 atom stereocenters. The normalized spacial score (nSPS) is 14.8. The van der Waals surface area contributed by atoms with E-state index in [0.29, 0.717) is 19.4 Å². The Balaban J connectivity index is 1.78. The molecule has 0 aliphatic carbocycles. The van der Waals surface area contributed by atoms with Crippen molar-refractivity contribution in [2.75, 3.05) is 26.2 Å². The van der Waals surface area contributed by atoms with Crippen LogP contribution in [0.25, 0.3) is 0 Å². The first-order valence-corrected chi connectivity index (χ1v) is 10.8. The van der Waals surface area contributed by atoms with Gasteiger partial charge in [0.15, 0.2) is 11.6 Å². The molecule has 3 amide bonds. The Hall–Kier alpha value is -2.46. The molecule has 0 spiro atoms. The molecule has 1 aromatic carbocycles. The Bertz CT molecular complexity index is 871. The number of benzene rings is 1. The van der Waals surface area contributed by atoms with Gasteiger partial charge in [0, 0.05) is 19.2 Å². The molecule has 160 valence electrons. The molecule has 1 aliphatic rings. The third kappa shape index (κ3) is 7.13. The van der Waals surface area contributed by atoms with Crippen LogP contribution < -0.4 is 14.8 Å². The summed E-state index contributed by atoms with van der Waals surface area (Å²) in [6.07, 6.45) is 4.71. The minimum atomic E-state index is -3.78. The lowest BCUT2D eigenvalue weighted by Crippen LogP contribution is -2.28. The molecule has 1 heterocycles. The summed E-state index contributed by atoms with van der Waals surface area (Å²) in [5.74, 6) is -0.838. The third-order valence-corrected chi connectivity index (χ3v) is 5.44. The number of allylic oxidation sites excluding steroid dienone is 1. The summed E-state index contributed by atoms with van der Waals surface area (Å²) in [7, 11) is -3.78. The highest BCUT2D eigenvalue weighted by Crippen LogP contribution is 2.22. The number of halogens is 1. The van der Waals surface area contributed by atoms with Crippen molar-refractivity contribution < 1.29 is 27.1 Å². The number of carbonyl (C=O) groups excluding carboxylic acids is 2. The van der Waals surface area contributed by atoms with Gasteiger partial charge in [-0.25, -0.2) is 22.3 Å². The van der Waals surface area contributed by atoms with Crippen LogP contribution in [0.2, 0.25) is 0 Å². The Morgan fingerprint density at radius 2 is 2.07 bits per heavy atom. The molecule has 0 bridgehead atoms. The Morgan fingerprint density at radius 1 is 1.31 bits per heavy atom. The number of ether oxygens (including phenoxy) is 1. The quantitative estimate of drug-likeness (QED) is 0.319. The van der Waals surface area contributed by atoms with Gasteiger partial charge >= 0.3 is 6.03 Å². The first-order valence-electron chi connectivity index (χ1n) is 9.35. The van der Waals surface area contributed by atoms with Gasteiger partial charge in [-0.2, -0.15) is 0 Å². The number of unbranched alkanes of at least 4 members (excludes halogenated alkanes) is 1. The van der Waals surface area contributed by atoms with E-state index >= 15 is 0 Å². The smallest absolute Gasteiger partial charge is 0.324 e. The highest BCUT2D eigenvalue weighted by Gasteiger charge is 2.25. The topological polar surface area (TPSA) is 105 Å². The van der Waals surface area contributed by atoms with E-state index in [1.54, 1.807) is 6.08 Å². The van der Waals surface area contributed by atoms with Gasteiger partial charge < -0.3 is 9.64 Å². The van der Waals surface area contributed by atoms with Crippen LogP contribution in [0, 0.1) is 11.7 Å². The number of nitrogens with one attached hydrogen (secondary N) is 2. The Labute approximate surface area is 170 Å². The molecular formula is C19H26FN3O5S. The molecule has 0 radical (unpaired) electrons. The van der Waals surface area contributed by atoms with Crippen molar-refractivity contribution in [3.8, 4) is 5.75 Å². The van der Waals surface area contributed by atoms with Crippen molar-refractivity contribution in [3.05, 3.63) is 36.2 Å². The molecule has 1 fully saturated rings. The summed E-state index contributed by atoms with van der Waals surface area (Å²) in [5.41, 5.74) is 0. The number of carbonyl (C=O) groups is 2. The Kier molecular flexibility index (Phi) is 8.15. The van der Waals surface area contributed by atoms with Crippen LogP contribution in [-0.4, -0.2) is 51.5 Å². The minimum absolute atomic E-state index is 0.0452. The lowest BCUT2D eigenvalue weighted by molar-refractivity contribution is -0.118. The Morgan fingerprint density at radius 3 is 2.72 bits per heavy atom. The molecule has 1 aliphatic heterocycles. The van der Waals surface area contributed by atoms with Crippen LogP contribution in [0.5, 0.6) is 5.75 Å². The number of imide groups is 1. The molecule has 1 aromatic rings. The molecule has 0 aromatic heterocycles. The van der Waals surface area contributed by atoms with Gasteiger partial charge in [-0.3, -0.25) is 10.1 Å². The zero-order valence-corrected chi connectivity index (χ0v) is 17.3. The number of hydrogen-bond donors (Lipinski definition) is 2. The van der Waals surface area contributed by atoms with Gasteiger partial charge in [0.1, 0.15) is 6.54 Å². The van der Waals surface area contributed by atoms with E-state index in [4.69, 9.17) is 4.74 Å². The monoisotopic (exact) mass is 427 g/mol. The zero-order valence-electron chi connectivity index (χ0n) is 16.5. The van der Waals surface area contributed by atoms with Crippen molar-refractivity contribution >= 4 is 22.0 Å². The van der Waals surface area contributed by atoms with E-state index in [2.05, 4.69) is 10.0 Å². The predicted octanol–water partition coefficient (Wildman–Crippen LogP) is 2.03. The SMILES string of the molecule is CC(C)COc1cc(S(=O)(=O)NCCC/C=C/CN2CC(=O)NC2=O)ccc1F. The van der Waals surface area contributed by atoms with Crippen molar-refractivity contribution in [1.29, 1.82) is 0 Å². The van der Waals surface area contributed by atoms with Crippen LogP contribution in [-0.2, 0) is 14.8 Å².